The molecule has 0 spiro atoms. The van der Waals surface area contributed by atoms with E-state index in [9.17, 15) is 9.59 Å². The second kappa shape index (κ2) is 9.11. The van der Waals surface area contributed by atoms with Gasteiger partial charge in [-0.1, -0.05) is 68.9 Å². The van der Waals surface area contributed by atoms with Crippen molar-refractivity contribution in [1.82, 2.24) is 9.80 Å². The molecule has 4 rings (SSSR count). The lowest BCUT2D eigenvalue weighted by atomic mass is 9.87. The molecule has 0 bridgehead atoms. The smallest absolute Gasteiger partial charge is 0.228 e. The van der Waals surface area contributed by atoms with Gasteiger partial charge in [0.05, 0.1) is 5.92 Å². The van der Waals surface area contributed by atoms with Gasteiger partial charge in [0.25, 0.3) is 0 Å². The van der Waals surface area contributed by atoms with Gasteiger partial charge in [0.15, 0.2) is 0 Å². The number of rotatable bonds is 5. The molecule has 1 aromatic rings. The Morgan fingerprint density at radius 1 is 0.893 bits per heavy atom. The average Bonchev–Trinajstić information content (AvgIpc) is 3.11. The highest BCUT2D eigenvalue weighted by Crippen LogP contribution is 2.33. The van der Waals surface area contributed by atoms with E-state index < -0.39 is 0 Å². The molecule has 0 radical (unpaired) electrons. The second-order valence-corrected chi connectivity index (χ2v) is 8.99. The molecule has 4 heteroatoms. The van der Waals surface area contributed by atoms with Crippen molar-refractivity contribution in [1.29, 1.82) is 0 Å². The summed E-state index contributed by atoms with van der Waals surface area (Å²) in [5.74, 6) is 0.247. The summed E-state index contributed by atoms with van der Waals surface area (Å²) in [5.41, 5.74) is 1.14. The van der Waals surface area contributed by atoms with Gasteiger partial charge in [-0.2, -0.15) is 0 Å². The summed E-state index contributed by atoms with van der Waals surface area (Å²) in [6.45, 7) is 1.21. The van der Waals surface area contributed by atoms with E-state index in [0.717, 1.165) is 31.2 Å². The molecule has 1 aromatic carbocycles. The monoisotopic (exact) mass is 382 g/mol. The van der Waals surface area contributed by atoms with Crippen LogP contribution >= 0.6 is 0 Å². The van der Waals surface area contributed by atoms with E-state index in [1.165, 1.54) is 38.5 Å². The third-order valence-corrected chi connectivity index (χ3v) is 6.97. The molecule has 3 fully saturated rings. The lowest BCUT2D eigenvalue weighted by Gasteiger charge is -2.43. The van der Waals surface area contributed by atoms with Crippen LogP contribution in [0.25, 0.3) is 0 Å². The zero-order valence-corrected chi connectivity index (χ0v) is 17.0. The average molecular weight is 383 g/mol. The van der Waals surface area contributed by atoms with E-state index in [1.54, 1.807) is 0 Å². The van der Waals surface area contributed by atoms with Crippen LogP contribution in [0.1, 0.15) is 76.2 Å². The predicted molar refractivity (Wildman–Crippen MR) is 111 cm³/mol. The zero-order chi connectivity index (χ0) is 19.3. The Hall–Kier alpha value is -1.84. The summed E-state index contributed by atoms with van der Waals surface area (Å²) in [4.78, 5) is 30.4. The van der Waals surface area contributed by atoms with Crippen molar-refractivity contribution < 1.29 is 9.59 Å². The summed E-state index contributed by atoms with van der Waals surface area (Å²) < 4.78 is 0. The van der Waals surface area contributed by atoms with Gasteiger partial charge in [0.2, 0.25) is 11.8 Å². The maximum Gasteiger partial charge on any atom is 0.228 e. The van der Waals surface area contributed by atoms with Crippen LogP contribution in [-0.2, 0) is 16.1 Å². The summed E-state index contributed by atoms with van der Waals surface area (Å²) in [6, 6.07) is 10.9. The highest BCUT2D eigenvalue weighted by Gasteiger charge is 2.41. The fourth-order valence-electron chi connectivity index (χ4n) is 5.48. The minimum atomic E-state index is -0.153. The number of hydrogen-bond donors (Lipinski definition) is 0. The Labute approximate surface area is 169 Å². The Kier molecular flexibility index (Phi) is 6.33. The standard InChI is InChI=1S/C24H34N2O2/c27-23-16-20(18-25(23)17-19-10-4-1-5-11-19)24(28)26(21-12-6-2-7-13-21)22-14-8-3-9-15-22/h1,4-5,10-11,20-22H,2-3,6-9,12-18H2. The van der Waals surface area contributed by atoms with Crippen molar-refractivity contribution in [3.05, 3.63) is 35.9 Å². The van der Waals surface area contributed by atoms with E-state index in [1.807, 2.05) is 23.1 Å². The van der Waals surface area contributed by atoms with Gasteiger partial charge in [0.1, 0.15) is 0 Å². The fourth-order valence-corrected chi connectivity index (χ4v) is 5.48. The number of benzene rings is 1. The van der Waals surface area contributed by atoms with E-state index in [4.69, 9.17) is 0 Å². The molecule has 1 saturated heterocycles. The summed E-state index contributed by atoms with van der Waals surface area (Å²) in [7, 11) is 0. The first-order valence-electron chi connectivity index (χ1n) is 11.4. The molecule has 4 nitrogen and oxygen atoms in total. The quantitative estimate of drug-likeness (QED) is 0.751. The van der Waals surface area contributed by atoms with Crippen LogP contribution in [0.2, 0.25) is 0 Å². The van der Waals surface area contributed by atoms with Gasteiger partial charge >= 0.3 is 0 Å². The number of nitrogens with zero attached hydrogens (tertiary/aromatic N) is 2. The van der Waals surface area contributed by atoms with Gasteiger partial charge in [0, 0.05) is 31.6 Å². The number of hydrogen-bond acceptors (Lipinski definition) is 2. The van der Waals surface area contributed by atoms with E-state index in [2.05, 4.69) is 17.0 Å². The van der Waals surface area contributed by atoms with E-state index in [0.29, 0.717) is 31.6 Å². The molecule has 0 aromatic heterocycles. The van der Waals surface area contributed by atoms with Gasteiger partial charge in [-0.25, -0.2) is 0 Å². The Morgan fingerprint density at radius 2 is 1.46 bits per heavy atom. The summed E-state index contributed by atoms with van der Waals surface area (Å²) >= 11 is 0. The molecule has 152 valence electrons. The first-order valence-corrected chi connectivity index (χ1v) is 11.4. The maximum atomic E-state index is 13.6. The second-order valence-electron chi connectivity index (χ2n) is 8.99. The van der Waals surface area contributed by atoms with Crippen molar-refractivity contribution >= 4 is 11.8 Å². The Bertz CT molecular complexity index is 644. The molecular weight excluding hydrogens is 348 g/mol. The Morgan fingerprint density at radius 3 is 2.04 bits per heavy atom. The van der Waals surface area contributed by atoms with Crippen LogP contribution < -0.4 is 0 Å². The normalized spacial score (nSPS) is 24.5. The van der Waals surface area contributed by atoms with Crippen LogP contribution in [0.3, 0.4) is 0 Å². The molecular formula is C24H34N2O2. The number of carbonyl (C=O) groups excluding carboxylic acids is 2. The lowest BCUT2D eigenvalue weighted by Crippen LogP contribution is -2.51. The SMILES string of the molecule is O=C1CC(C(=O)N(C2CCCCC2)C2CCCCC2)CN1Cc1ccccc1. The first-order chi connectivity index (χ1) is 13.7. The number of likely N-dealkylation sites (tertiary alicyclic amines) is 1. The number of amides is 2. The molecule has 28 heavy (non-hydrogen) atoms. The lowest BCUT2D eigenvalue weighted by molar-refractivity contribution is -0.142. The summed E-state index contributed by atoms with van der Waals surface area (Å²) in [5, 5.41) is 0. The highest BCUT2D eigenvalue weighted by atomic mass is 16.2. The summed E-state index contributed by atoms with van der Waals surface area (Å²) in [6.07, 6.45) is 12.6. The molecule has 3 aliphatic rings. The number of carbonyl (C=O) groups is 2. The maximum absolute atomic E-state index is 13.6. The van der Waals surface area contributed by atoms with Crippen molar-refractivity contribution in [3.8, 4) is 0 Å². The molecule has 2 aliphatic carbocycles. The van der Waals surface area contributed by atoms with Crippen LogP contribution in [0.5, 0.6) is 0 Å². The van der Waals surface area contributed by atoms with Crippen molar-refractivity contribution in [2.24, 2.45) is 5.92 Å². The Balaban J connectivity index is 1.46. The van der Waals surface area contributed by atoms with E-state index >= 15 is 0 Å². The minimum absolute atomic E-state index is 0.134. The predicted octanol–water partition coefficient (Wildman–Crippen LogP) is 4.53. The first kappa shape index (κ1) is 19.5. The third kappa shape index (κ3) is 4.42. The van der Waals surface area contributed by atoms with Crippen molar-refractivity contribution in [2.45, 2.75) is 89.3 Å². The fraction of sp³-hybridized carbons (Fsp3) is 0.667. The molecule has 2 amide bonds. The van der Waals surface area contributed by atoms with Crippen LogP contribution in [0.15, 0.2) is 30.3 Å². The molecule has 1 aliphatic heterocycles. The van der Waals surface area contributed by atoms with Gasteiger partial charge in [-0.3, -0.25) is 9.59 Å². The van der Waals surface area contributed by atoms with Gasteiger partial charge < -0.3 is 9.80 Å². The molecule has 2 saturated carbocycles. The molecule has 1 heterocycles. The largest absolute Gasteiger partial charge is 0.338 e. The third-order valence-electron chi connectivity index (χ3n) is 6.97. The van der Waals surface area contributed by atoms with Crippen LogP contribution in [-0.4, -0.2) is 40.2 Å². The zero-order valence-electron chi connectivity index (χ0n) is 17.0. The van der Waals surface area contributed by atoms with Crippen molar-refractivity contribution in [3.63, 3.8) is 0 Å². The van der Waals surface area contributed by atoms with Gasteiger partial charge in [-0.15, -0.1) is 0 Å². The highest BCUT2D eigenvalue weighted by molar-refractivity contribution is 5.89. The van der Waals surface area contributed by atoms with Crippen LogP contribution in [0.4, 0.5) is 0 Å². The van der Waals surface area contributed by atoms with Crippen molar-refractivity contribution in [2.75, 3.05) is 6.54 Å². The molecule has 1 atom stereocenters. The van der Waals surface area contributed by atoms with E-state index in [-0.39, 0.29) is 17.7 Å². The topological polar surface area (TPSA) is 40.6 Å². The molecule has 1 unspecified atom stereocenters. The molecule has 0 N–H and O–H groups in total. The van der Waals surface area contributed by atoms with Gasteiger partial charge in [-0.05, 0) is 31.2 Å². The van der Waals surface area contributed by atoms with Crippen LogP contribution in [0, 0.1) is 5.92 Å². The minimum Gasteiger partial charge on any atom is -0.338 e.